The number of aromatic nitrogens is 1. The van der Waals surface area contributed by atoms with Crippen molar-refractivity contribution in [3.8, 4) is 0 Å². The molecule has 0 aliphatic heterocycles. The molecule has 2 aromatic rings. The molecule has 1 heterocycles. The molecular formula is C14H15ClN2. The summed E-state index contributed by atoms with van der Waals surface area (Å²) < 4.78 is 0. The Kier molecular flexibility index (Phi) is 3.99. The summed E-state index contributed by atoms with van der Waals surface area (Å²) in [6, 6.07) is 9.98. The minimum atomic E-state index is 0.778. The second-order valence-electron chi connectivity index (χ2n) is 3.96. The van der Waals surface area contributed by atoms with Crippen LogP contribution in [0.5, 0.6) is 0 Å². The number of nitrogens with one attached hydrogen (secondary N) is 1. The Morgan fingerprint density at radius 1 is 1.18 bits per heavy atom. The molecule has 2 nitrogen and oxygen atoms in total. The fourth-order valence-corrected chi connectivity index (χ4v) is 2.03. The second-order valence-corrected chi connectivity index (χ2v) is 4.37. The largest absolute Gasteiger partial charge is 0.383 e. The molecule has 3 heteroatoms. The Labute approximate surface area is 107 Å². The van der Waals surface area contributed by atoms with Crippen LogP contribution in [0.3, 0.4) is 0 Å². The van der Waals surface area contributed by atoms with Crippen molar-refractivity contribution in [2.24, 2.45) is 0 Å². The lowest BCUT2D eigenvalue weighted by Gasteiger charge is -2.11. The van der Waals surface area contributed by atoms with Gasteiger partial charge in [-0.05, 0) is 42.7 Å². The molecule has 0 spiro atoms. The Morgan fingerprint density at radius 3 is 2.65 bits per heavy atom. The van der Waals surface area contributed by atoms with Crippen LogP contribution in [0.25, 0.3) is 0 Å². The lowest BCUT2D eigenvalue weighted by molar-refractivity contribution is 1.01. The third-order valence-corrected chi connectivity index (χ3v) is 3.00. The smallest absolute Gasteiger partial charge is 0.0640 e. The van der Waals surface area contributed by atoms with Crippen LogP contribution in [0.2, 0.25) is 5.02 Å². The third-order valence-electron chi connectivity index (χ3n) is 2.69. The van der Waals surface area contributed by atoms with Gasteiger partial charge in [0, 0.05) is 18.9 Å². The molecule has 0 atom stereocenters. The van der Waals surface area contributed by atoms with Gasteiger partial charge in [0.05, 0.1) is 10.7 Å². The summed E-state index contributed by atoms with van der Waals surface area (Å²) in [5.74, 6) is 0. The van der Waals surface area contributed by atoms with E-state index in [1.165, 1.54) is 11.1 Å². The summed E-state index contributed by atoms with van der Waals surface area (Å²) in [7, 11) is 0. The van der Waals surface area contributed by atoms with Gasteiger partial charge in [-0.2, -0.15) is 0 Å². The van der Waals surface area contributed by atoms with Gasteiger partial charge in [0.15, 0.2) is 0 Å². The minimum absolute atomic E-state index is 0.778. The maximum atomic E-state index is 6.14. The highest BCUT2D eigenvalue weighted by atomic mass is 35.5. The van der Waals surface area contributed by atoms with Crippen molar-refractivity contribution in [1.29, 1.82) is 0 Å². The minimum Gasteiger partial charge on any atom is -0.383 e. The van der Waals surface area contributed by atoms with Gasteiger partial charge in [-0.3, -0.25) is 4.98 Å². The second kappa shape index (κ2) is 5.69. The molecule has 0 aliphatic rings. The van der Waals surface area contributed by atoms with Crippen LogP contribution >= 0.6 is 11.6 Å². The summed E-state index contributed by atoms with van der Waals surface area (Å²) in [5.41, 5.74) is 3.48. The zero-order valence-corrected chi connectivity index (χ0v) is 10.5. The summed E-state index contributed by atoms with van der Waals surface area (Å²) in [6.07, 6.45) is 4.60. The van der Waals surface area contributed by atoms with E-state index in [4.69, 9.17) is 11.6 Å². The summed E-state index contributed by atoms with van der Waals surface area (Å²) in [4.78, 5) is 4.00. The molecule has 0 unspecified atom stereocenters. The highest BCUT2D eigenvalue weighted by Gasteiger charge is 2.02. The van der Waals surface area contributed by atoms with Crippen LogP contribution in [-0.4, -0.2) is 11.5 Å². The van der Waals surface area contributed by atoms with E-state index in [0.717, 1.165) is 23.7 Å². The van der Waals surface area contributed by atoms with E-state index in [1.807, 2.05) is 36.7 Å². The van der Waals surface area contributed by atoms with Crippen molar-refractivity contribution in [1.82, 2.24) is 4.98 Å². The van der Waals surface area contributed by atoms with E-state index in [1.54, 1.807) is 0 Å². The molecule has 2 rings (SSSR count). The van der Waals surface area contributed by atoms with Crippen LogP contribution in [0, 0.1) is 6.92 Å². The van der Waals surface area contributed by atoms with E-state index in [9.17, 15) is 0 Å². The van der Waals surface area contributed by atoms with Crippen LogP contribution in [0.1, 0.15) is 11.1 Å². The summed E-state index contributed by atoms with van der Waals surface area (Å²) in [6.45, 7) is 2.93. The number of benzene rings is 1. The van der Waals surface area contributed by atoms with Crippen LogP contribution in [0.15, 0.2) is 42.7 Å². The molecule has 0 radical (unpaired) electrons. The highest BCUT2D eigenvalue weighted by molar-refractivity contribution is 6.33. The molecule has 1 aromatic carbocycles. The quantitative estimate of drug-likeness (QED) is 0.890. The van der Waals surface area contributed by atoms with Gasteiger partial charge in [0.2, 0.25) is 0 Å². The van der Waals surface area contributed by atoms with Crippen molar-refractivity contribution in [3.05, 3.63) is 58.9 Å². The topological polar surface area (TPSA) is 24.9 Å². The van der Waals surface area contributed by atoms with Gasteiger partial charge in [-0.15, -0.1) is 0 Å². The number of anilines is 1. The van der Waals surface area contributed by atoms with E-state index in [0.29, 0.717) is 0 Å². The monoisotopic (exact) mass is 246 g/mol. The van der Waals surface area contributed by atoms with Gasteiger partial charge < -0.3 is 5.32 Å². The predicted molar refractivity (Wildman–Crippen MR) is 72.6 cm³/mol. The van der Waals surface area contributed by atoms with Gasteiger partial charge in [-0.1, -0.05) is 23.7 Å². The lowest BCUT2D eigenvalue weighted by Crippen LogP contribution is -2.06. The zero-order valence-electron chi connectivity index (χ0n) is 9.78. The number of halogens is 1. The molecule has 0 saturated heterocycles. The lowest BCUT2D eigenvalue weighted by atomic mass is 10.1. The van der Waals surface area contributed by atoms with E-state index >= 15 is 0 Å². The fourth-order valence-electron chi connectivity index (χ4n) is 1.74. The molecule has 88 valence electrons. The van der Waals surface area contributed by atoms with Gasteiger partial charge in [0.1, 0.15) is 0 Å². The standard InChI is InChI=1S/C14H15ClN2/c1-11-3-2-4-13(15)14(11)17-10-7-12-5-8-16-9-6-12/h2-6,8-9,17H,7,10H2,1H3. The number of nitrogens with zero attached hydrogens (tertiary/aromatic N) is 1. The number of hydrogen-bond donors (Lipinski definition) is 1. The van der Waals surface area contributed by atoms with Crippen LogP contribution in [0.4, 0.5) is 5.69 Å². The molecule has 0 bridgehead atoms. The average Bonchev–Trinajstić information content (AvgIpc) is 2.34. The van der Waals surface area contributed by atoms with E-state index in [-0.39, 0.29) is 0 Å². The average molecular weight is 247 g/mol. The maximum absolute atomic E-state index is 6.14. The molecule has 1 N–H and O–H groups in total. The first kappa shape index (κ1) is 11.9. The maximum Gasteiger partial charge on any atom is 0.0640 e. The van der Waals surface area contributed by atoms with Crippen molar-refractivity contribution in [2.45, 2.75) is 13.3 Å². The Hall–Kier alpha value is -1.54. The molecule has 0 saturated carbocycles. The Balaban J connectivity index is 1.95. The SMILES string of the molecule is Cc1cccc(Cl)c1NCCc1ccncc1. The number of hydrogen-bond acceptors (Lipinski definition) is 2. The first-order chi connectivity index (χ1) is 8.27. The third kappa shape index (κ3) is 3.21. The zero-order chi connectivity index (χ0) is 12.1. The van der Waals surface area contributed by atoms with Crippen LogP contribution in [-0.2, 0) is 6.42 Å². The molecule has 0 fully saturated rings. The molecule has 1 aromatic heterocycles. The van der Waals surface area contributed by atoms with Gasteiger partial charge in [-0.25, -0.2) is 0 Å². The number of para-hydroxylation sites is 1. The van der Waals surface area contributed by atoms with E-state index in [2.05, 4.69) is 23.3 Å². The fraction of sp³-hybridized carbons (Fsp3) is 0.214. The van der Waals surface area contributed by atoms with Gasteiger partial charge >= 0.3 is 0 Å². The Morgan fingerprint density at radius 2 is 1.94 bits per heavy atom. The van der Waals surface area contributed by atoms with Crippen LogP contribution < -0.4 is 5.32 Å². The van der Waals surface area contributed by atoms with Gasteiger partial charge in [0.25, 0.3) is 0 Å². The summed E-state index contributed by atoms with van der Waals surface area (Å²) in [5, 5.41) is 4.15. The molecule has 0 amide bonds. The number of pyridine rings is 1. The first-order valence-electron chi connectivity index (χ1n) is 5.65. The first-order valence-corrected chi connectivity index (χ1v) is 6.03. The molecule has 17 heavy (non-hydrogen) atoms. The van der Waals surface area contributed by atoms with Crippen molar-refractivity contribution in [2.75, 3.05) is 11.9 Å². The highest BCUT2D eigenvalue weighted by Crippen LogP contribution is 2.24. The predicted octanol–water partition coefficient (Wildman–Crippen LogP) is 3.70. The Bertz CT molecular complexity index is 463. The molecular weight excluding hydrogens is 232 g/mol. The van der Waals surface area contributed by atoms with E-state index < -0.39 is 0 Å². The number of aryl methyl sites for hydroxylation is 1. The van der Waals surface area contributed by atoms with Crippen molar-refractivity contribution >= 4 is 17.3 Å². The molecule has 0 aliphatic carbocycles. The normalized spacial score (nSPS) is 10.2. The van der Waals surface area contributed by atoms with Crippen molar-refractivity contribution < 1.29 is 0 Å². The number of rotatable bonds is 4. The summed E-state index contributed by atoms with van der Waals surface area (Å²) >= 11 is 6.14. The van der Waals surface area contributed by atoms with Crippen molar-refractivity contribution in [3.63, 3.8) is 0 Å².